The van der Waals surface area contributed by atoms with Gasteiger partial charge >= 0.3 is 0 Å². The number of hydrogen-bond acceptors (Lipinski definition) is 3. The number of benzene rings is 2. The van der Waals surface area contributed by atoms with Crippen molar-refractivity contribution in [3.63, 3.8) is 0 Å². The summed E-state index contributed by atoms with van der Waals surface area (Å²) in [4.78, 5) is 16.1. The summed E-state index contributed by atoms with van der Waals surface area (Å²) in [6.45, 7) is 5.88. The van der Waals surface area contributed by atoms with Gasteiger partial charge in [0, 0.05) is 30.0 Å². The molecule has 2 aromatic rings. The van der Waals surface area contributed by atoms with Crippen LogP contribution in [0.5, 0.6) is 0 Å². The van der Waals surface area contributed by atoms with Crippen LogP contribution < -0.4 is 5.32 Å². The molecule has 4 nitrogen and oxygen atoms in total. The van der Waals surface area contributed by atoms with Crippen LogP contribution in [0.2, 0.25) is 0 Å². The molecule has 1 amide bonds. The largest absolute Gasteiger partial charge is 0.392 e. The van der Waals surface area contributed by atoms with Crippen LogP contribution in [0.15, 0.2) is 35.5 Å². The maximum atomic E-state index is 14.8. The number of nitrogens with zero attached hydrogens (tertiary/aromatic N) is 1. The van der Waals surface area contributed by atoms with E-state index >= 15 is 0 Å². The van der Waals surface area contributed by atoms with Crippen LogP contribution >= 0.6 is 0 Å². The molecule has 1 aliphatic heterocycles. The topological polar surface area (TPSA) is 50.7 Å². The van der Waals surface area contributed by atoms with E-state index in [-0.39, 0.29) is 29.2 Å². The highest BCUT2D eigenvalue weighted by atomic mass is 19.1. The molecule has 1 aliphatic rings. The molecule has 0 radical (unpaired) electrons. The molecule has 1 heterocycles. The van der Waals surface area contributed by atoms with E-state index in [4.69, 9.17) is 4.84 Å². The van der Waals surface area contributed by atoms with Crippen molar-refractivity contribution in [2.24, 2.45) is 11.1 Å². The molecular formula is C24H27F3N2O2. The van der Waals surface area contributed by atoms with Crippen molar-refractivity contribution < 1.29 is 22.8 Å². The first kappa shape index (κ1) is 22.8. The average Bonchev–Trinajstić information content (AvgIpc) is 3.16. The second-order valence-corrected chi connectivity index (χ2v) is 8.32. The summed E-state index contributed by atoms with van der Waals surface area (Å²) < 4.78 is 44.1. The molecule has 0 saturated heterocycles. The van der Waals surface area contributed by atoms with E-state index in [0.717, 1.165) is 6.42 Å². The second kappa shape index (κ2) is 9.98. The van der Waals surface area contributed by atoms with Gasteiger partial charge in [-0.25, -0.2) is 13.2 Å². The lowest BCUT2D eigenvalue weighted by Gasteiger charge is -2.16. The lowest BCUT2D eigenvalue weighted by molar-refractivity contribution is -0.110. The van der Waals surface area contributed by atoms with Crippen LogP contribution in [0.4, 0.5) is 13.2 Å². The van der Waals surface area contributed by atoms with Crippen LogP contribution in [0.3, 0.4) is 0 Å². The summed E-state index contributed by atoms with van der Waals surface area (Å²) in [6, 6.07) is 6.69. The molecule has 7 heteroatoms. The van der Waals surface area contributed by atoms with Crippen LogP contribution in [0.25, 0.3) is 11.1 Å². The van der Waals surface area contributed by atoms with Gasteiger partial charge in [0.15, 0.2) is 0 Å². The fraction of sp³-hybridized carbons (Fsp3) is 0.417. The van der Waals surface area contributed by atoms with Crippen molar-refractivity contribution in [3.8, 4) is 11.1 Å². The summed E-state index contributed by atoms with van der Waals surface area (Å²) in [5, 5.41) is 6.77. The van der Waals surface area contributed by atoms with Gasteiger partial charge in [0.05, 0.1) is 11.3 Å². The molecule has 0 saturated carbocycles. The number of rotatable bonds is 9. The zero-order chi connectivity index (χ0) is 22.5. The molecule has 2 aromatic carbocycles. The Kier molecular flexibility index (Phi) is 7.36. The number of amides is 1. The number of hydrogen-bond donors (Lipinski definition) is 1. The van der Waals surface area contributed by atoms with Crippen LogP contribution in [0, 0.1) is 23.4 Å². The fourth-order valence-electron chi connectivity index (χ4n) is 3.86. The van der Waals surface area contributed by atoms with Crippen molar-refractivity contribution in [2.75, 3.05) is 0 Å². The SMILES string of the molecule is CCC(CC1CC(c2ccc(-c3c(F)cc(CC(C)C)cc3F)c(F)c2)=NO1)NC=O. The number of oxime groups is 1. The number of carbonyl (C=O) groups is 1. The van der Waals surface area contributed by atoms with Gasteiger partial charge in [0.1, 0.15) is 23.6 Å². The molecule has 2 unspecified atom stereocenters. The quantitative estimate of drug-likeness (QED) is 0.541. The maximum Gasteiger partial charge on any atom is 0.207 e. The van der Waals surface area contributed by atoms with Gasteiger partial charge in [-0.2, -0.15) is 0 Å². The third-order valence-electron chi connectivity index (χ3n) is 5.39. The van der Waals surface area contributed by atoms with Crippen LogP contribution in [-0.4, -0.2) is 24.3 Å². The van der Waals surface area contributed by atoms with Crippen molar-refractivity contribution in [1.82, 2.24) is 5.32 Å². The molecule has 0 spiro atoms. The monoisotopic (exact) mass is 432 g/mol. The van der Waals surface area contributed by atoms with Crippen molar-refractivity contribution in [3.05, 3.63) is 58.9 Å². The Hall–Kier alpha value is -2.83. The second-order valence-electron chi connectivity index (χ2n) is 8.32. The highest BCUT2D eigenvalue weighted by Crippen LogP contribution is 2.31. The minimum Gasteiger partial charge on any atom is -0.392 e. The molecule has 0 bridgehead atoms. The molecule has 0 fully saturated rings. The first-order chi connectivity index (χ1) is 14.8. The summed E-state index contributed by atoms with van der Waals surface area (Å²) in [7, 11) is 0. The molecule has 0 aliphatic carbocycles. The molecule has 0 aromatic heterocycles. The van der Waals surface area contributed by atoms with Crippen molar-refractivity contribution in [1.29, 1.82) is 0 Å². The third kappa shape index (κ3) is 5.46. The normalized spacial score (nSPS) is 16.7. The van der Waals surface area contributed by atoms with Crippen LogP contribution in [-0.2, 0) is 16.1 Å². The molecule has 31 heavy (non-hydrogen) atoms. The Bertz CT molecular complexity index is 952. The first-order valence-electron chi connectivity index (χ1n) is 10.5. The highest BCUT2D eigenvalue weighted by Gasteiger charge is 2.26. The highest BCUT2D eigenvalue weighted by molar-refractivity contribution is 6.01. The van der Waals surface area contributed by atoms with Crippen molar-refractivity contribution >= 4 is 12.1 Å². The molecular weight excluding hydrogens is 405 g/mol. The standard InChI is InChI=1S/C24H27F3N2O2/c1-4-17(28-13-30)11-18-12-23(29-31-18)16-5-6-19(20(25)10-16)24-21(26)8-15(7-14(2)3)9-22(24)27/h5-6,8-10,13-14,17-18H,4,7,11-12H2,1-3H3,(H,28,30). The zero-order valence-electron chi connectivity index (χ0n) is 17.9. The first-order valence-corrected chi connectivity index (χ1v) is 10.5. The van der Waals surface area contributed by atoms with E-state index in [1.165, 1.54) is 24.3 Å². The number of carbonyl (C=O) groups excluding carboxylic acids is 1. The number of nitrogens with one attached hydrogen (secondary N) is 1. The Morgan fingerprint density at radius 3 is 2.45 bits per heavy atom. The zero-order valence-corrected chi connectivity index (χ0v) is 17.9. The summed E-state index contributed by atoms with van der Waals surface area (Å²) in [5.41, 5.74) is 1.10. The van der Waals surface area contributed by atoms with E-state index in [0.29, 0.717) is 42.5 Å². The van der Waals surface area contributed by atoms with Crippen molar-refractivity contribution in [2.45, 2.75) is 58.6 Å². The smallest absolute Gasteiger partial charge is 0.207 e. The Morgan fingerprint density at radius 2 is 1.87 bits per heavy atom. The van der Waals surface area contributed by atoms with Crippen LogP contribution in [0.1, 0.15) is 51.2 Å². The number of halogens is 3. The summed E-state index contributed by atoms with van der Waals surface area (Å²) in [5.74, 6) is -2.04. The van der Waals surface area contributed by atoms with Gasteiger partial charge in [-0.05, 0) is 42.5 Å². The van der Waals surface area contributed by atoms with E-state index in [9.17, 15) is 18.0 Å². The van der Waals surface area contributed by atoms with E-state index in [1.807, 2.05) is 20.8 Å². The lowest BCUT2D eigenvalue weighted by atomic mass is 9.95. The molecule has 1 N–H and O–H groups in total. The third-order valence-corrected chi connectivity index (χ3v) is 5.39. The maximum absolute atomic E-state index is 14.8. The average molecular weight is 432 g/mol. The molecule has 3 rings (SSSR count). The molecule has 166 valence electrons. The minimum atomic E-state index is -0.780. The van der Waals surface area contributed by atoms with Gasteiger partial charge in [-0.3, -0.25) is 4.79 Å². The minimum absolute atomic E-state index is 0.0271. The Morgan fingerprint density at radius 1 is 1.16 bits per heavy atom. The summed E-state index contributed by atoms with van der Waals surface area (Å²) >= 11 is 0. The van der Waals surface area contributed by atoms with E-state index < -0.39 is 17.5 Å². The van der Waals surface area contributed by atoms with E-state index in [1.54, 1.807) is 6.07 Å². The van der Waals surface area contributed by atoms with E-state index in [2.05, 4.69) is 10.5 Å². The Labute approximate surface area is 180 Å². The van der Waals surface area contributed by atoms with Gasteiger partial charge in [0.25, 0.3) is 0 Å². The predicted molar refractivity (Wildman–Crippen MR) is 114 cm³/mol. The van der Waals surface area contributed by atoms with Gasteiger partial charge in [-0.1, -0.05) is 38.1 Å². The molecule has 2 atom stereocenters. The summed E-state index contributed by atoms with van der Waals surface area (Å²) in [6.07, 6.45) is 2.78. The van der Waals surface area contributed by atoms with Gasteiger partial charge in [-0.15, -0.1) is 0 Å². The van der Waals surface area contributed by atoms with Gasteiger partial charge in [0.2, 0.25) is 6.41 Å². The Balaban J connectivity index is 1.78. The fourth-order valence-corrected chi connectivity index (χ4v) is 3.86. The van der Waals surface area contributed by atoms with Gasteiger partial charge < -0.3 is 10.2 Å². The predicted octanol–water partition coefficient (Wildman–Crippen LogP) is 5.38. The lowest BCUT2D eigenvalue weighted by Crippen LogP contribution is -2.31.